The maximum Gasteiger partial charge on any atom is 0.174 e. The minimum Gasteiger partial charge on any atom is -0.494 e. The standard InChI is InChI=1S/C21H24F2N4O4.ClH/c1-28-17-7-18(29-2)21(23)16(20(17)22)12-31-15-9-24-13-26(11-15)14-8-25-27(10-14)19-5-3-4-6-30-19;/h7-11,19H,3-6,12-13H2,1-2H3;1H. The summed E-state index contributed by atoms with van der Waals surface area (Å²) in [5.74, 6) is -1.56. The van der Waals surface area contributed by atoms with Crippen molar-refractivity contribution in [2.75, 3.05) is 32.4 Å². The zero-order valence-electron chi connectivity index (χ0n) is 17.8. The molecular formula is C21H25ClF2N4O4. The van der Waals surface area contributed by atoms with E-state index in [2.05, 4.69) is 10.1 Å². The van der Waals surface area contributed by atoms with Crippen molar-refractivity contribution >= 4 is 24.3 Å². The third kappa shape index (κ3) is 4.97. The van der Waals surface area contributed by atoms with E-state index >= 15 is 0 Å². The lowest BCUT2D eigenvalue weighted by Crippen LogP contribution is -2.21. The molecule has 0 aliphatic carbocycles. The fourth-order valence-corrected chi connectivity index (χ4v) is 3.46. The van der Waals surface area contributed by atoms with Crippen LogP contribution in [0.5, 0.6) is 11.5 Å². The molecule has 0 spiro atoms. The molecule has 1 unspecified atom stereocenters. The first kappa shape index (κ1) is 23.8. The normalized spacial score (nSPS) is 18.1. The second-order valence-electron chi connectivity index (χ2n) is 7.13. The largest absolute Gasteiger partial charge is 0.494 e. The number of rotatable bonds is 7. The second kappa shape index (κ2) is 10.6. The molecule has 32 heavy (non-hydrogen) atoms. The molecule has 0 saturated carbocycles. The summed E-state index contributed by atoms with van der Waals surface area (Å²) in [5, 5.41) is 4.40. The molecule has 0 N–H and O–H groups in total. The molecule has 0 bridgehead atoms. The molecule has 174 valence electrons. The molecule has 0 radical (unpaired) electrons. The minimum atomic E-state index is -0.834. The Labute approximate surface area is 190 Å². The van der Waals surface area contributed by atoms with Gasteiger partial charge in [-0.25, -0.2) is 13.5 Å². The highest BCUT2D eigenvalue weighted by atomic mass is 35.5. The first-order chi connectivity index (χ1) is 15.1. The predicted octanol–water partition coefficient (Wildman–Crippen LogP) is 4.21. The van der Waals surface area contributed by atoms with Crippen LogP contribution in [0.4, 0.5) is 14.5 Å². The lowest BCUT2D eigenvalue weighted by molar-refractivity contribution is -0.0394. The third-order valence-corrected chi connectivity index (χ3v) is 5.15. The van der Waals surface area contributed by atoms with E-state index in [1.165, 1.54) is 20.4 Å². The van der Waals surface area contributed by atoms with E-state index in [1.807, 2.05) is 11.1 Å². The monoisotopic (exact) mass is 470 g/mol. The van der Waals surface area contributed by atoms with Crippen LogP contribution in [0.3, 0.4) is 0 Å². The molecule has 1 saturated heterocycles. The van der Waals surface area contributed by atoms with Gasteiger partial charge in [0.05, 0.1) is 44.1 Å². The lowest BCUT2D eigenvalue weighted by atomic mass is 10.1. The van der Waals surface area contributed by atoms with Crippen molar-refractivity contribution in [1.29, 1.82) is 0 Å². The van der Waals surface area contributed by atoms with Crippen molar-refractivity contribution < 1.29 is 27.7 Å². The second-order valence-corrected chi connectivity index (χ2v) is 7.13. The maximum atomic E-state index is 14.5. The number of benzene rings is 1. The number of anilines is 1. The van der Waals surface area contributed by atoms with Crippen LogP contribution in [0.2, 0.25) is 0 Å². The van der Waals surface area contributed by atoms with E-state index in [1.54, 1.807) is 17.1 Å². The molecule has 1 atom stereocenters. The first-order valence-corrected chi connectivity index (χ1v) is 9.96. The summed E-state index contributed by atoms with van der Waals surface area (Å²) in [4.78, 5) is 6.10. The van der Waals surface area contributed by atoms with Crippen molar-refractivity contribution in [2.45, 2.75) is 32.1 Å². The molecule has 8 nitrogen and oxygen atoms in total. The fourth-order valence-electron chi connectivity index (χ4n) is 3.46. The molecule has 0 amide bonds. The van der Waals surface area contributed by atoms with Gasteiger partial charge in [-0.3, -0.25) is 4.99 Å². The van der Waals surface area contributed by atoms with Crippen LogP contribution in [0, 0.1) is 11.6 Å². The van der Waals surface area contributed by atoms with Gasteiger partial charge in [0, 0.05) is 18.9 Å². The number of allylic oxidation sites excluding steroid dienone is 1. The average Bonchev–Trinajstić information content (AvgIpc) is 3.30. The van der Waals surface area contributed by atoms with Crippen LogP contribution in [0.1, 0.15) is 31.1 Å². The number of hydrogen-bond acceptors (Lipinski definition) is 7. The van der Waals surface area contributed by atoms with Crippen molar-refractivity contribution in [3.63, 3.8) is 0 Å². The van der Waals surface area contributed by atoms with Gasteiger partial charge >= 0.3 is 0 Å². The van der Waals surface area contributed by atoms with Gasteiger partial charge in [0.1, 0.15) is 19.5 Å². The van der Waals surface area contributed by atoms with E-state index in [-0.39, 0.29) is 42.3 Å². The Balaban J connectivity index is 0.00000289. The van der Waals surface area contributed by atoms with Crippen molar-refractivity contribution in [3.8, 4) is 11.5 Å². The van der Waals surface area contributed by atoms with Crippen LogP contribution in [0.25, 0.3) is 0 Å². The molecule has 2 aliphatic rings. The van der Waals surface area contributed by atoms with Crippen molar-refractivity contribution in [1.82, 2.24) is 9.78 Å². The summed E-state index contributed by atoms with van der Waals surface area (Å²) in [5.41, 5.74) is 0.525. The number of aromatic nitrogens is 2. The van der Waals surface area contributed by atoms with Crippen LogP contribution >= 0.6 is 12.4 Å². The van der Waals surface area contributed by atoms with Crippen LogP contribution in [-0.2, 0) is 16.1 Å². The number of methoxy groups -OCH3 is 2. The predicted molar refractivity (Wildman–Crippen MR) is 116 cm³/mol. The van der Waals surface area contributed by atoms with Crippen molar-refractivity contribution in [3.05, 3.63) is 47.6 Å². The summed E-state index contributed by atoms with van der Waals surface area (Å²) in [6.07, 6.45) is 9.86. The number of aliphatic imine (C=N–C) groups is 1. The SMILES string of the molecule is COc1cc(OC)c(F)c(COC2=CN(c3cnn(C4CCCCO4)c3)CN=C2)c1F.Cl. The molecule has 3 heterocycles. The summed E-state index contributed by atoms with van der Waals surface area (Å²) in [6.45, 7) is 0.750. The zero-order chi connectivity index (χ0) is 21.8. The summed E-state index contributed by atoms with van der Waals surface area (Å²) in [6, 6.07) is 1.16. The van der Waals surface area contributed by atoms with Gasteiger partial charge in [0.15, 0.2) is 28.9 Å². The van der Waals surface area contributed by atoms with Gasteiger partial charge in [-0.15, -0.1) is 12.4 Å². The van der Waals surface area contributed by atoms with Gasteiger partial charge in [-0.05, 0) is 19.3 Å². The van der Waals surface area contributed by atoms with E-state index < -0.39 is 11.6 Å². The molecule has 1 aromatic carbocycles. The number of hydrogen-bond donors (Lipinski definition) is 0. The molecule has 4 rings (SSSR count). The van der Waals surface area contributed by atoms with E-state index in [4.69, 9.17) is 18.9 Å². The van der Waals surface area contributed by atoms with Gasteiger partial charge in [0.25, 0.3) is 0 Å². The zero-order valence-corrected chi connectivity index (χ0v) is 18.6. The Kier molecular flexibility index (Phi) is 7.92. The van der Waals surface area contributed by atoms with Crippen molar-refractivity contribution in [2.24, 2.45) is 4.99 Å². The van der Waals surface area contributed by atoms with Crippen LogP contribution in [-0.4, -0.2) is 43.5 Å². The maximum absolute atomic E-state index is 14.5. The average molecular weight is 471 g/mol. The number of halogens is 3. The highest BCUT2D eigenvalue weighted by Crippen LogP contribution is 2.32. The Morgan fingerprint density at radius 3 is 2.56 bits per heavy atom. The summed E-state index contributed by atoms with van der Waals surface area (Å²) >= 11 is 0. The summed E-state index contributed by atoms with van der Waals surface area (Å²) in [7, 11) is 2.60. The van der Waals surface area contributed by atoms with Gasteiger partial charge in [-0.2, -0.15) is 5.10 Å². The fraction of sp³-hybridized carbons (Fsp3) is 0.429. The quantitative estimate of drug-likeness (QED) is 0.604. The Bertz CT molecular complexity index is 964. The van der Waals surface area contributed by atoms with Gasteiger partial charge in [-0.1, -0.05) is 0 Å². The topological polar surface area (TPSA) is 70.3 Å². The Morgan fingerprint density at radius 1 is 1.16 bits per heavy atom. The molecule has 2 aromatic rings. The molecule has 2 aliphatic heterocycles. The lowest BCUT2D eigenvalue weighted by Gasteiger charge is -2.23. The molecular weight excluding hydrogens is 446 g/mol. The van der Waals surface area contributed by atoms with Gasteiger partial charge < -0.3 is 23.8 Å². The third-order valence-electron chi connectivity index (χ3n) is 5.15. The molecule has 11 heteroatoms. The Hall–Kier alpha value is -2.85. The highest BCUT2D eigenvalue weighted by Gasteiger charge is 2.22. The van der Waals surface area contributed by atoms with Crippen LogP contribution < -0.4 is 14.4 Å². The minimum absolute atomic E-state index is 0. The number of nitrogens with zero attached hydrogens (tertiary/aromatic N) is 4. The van der Waals surface area contributed by atoms with E-state index in [0.717, 1.165) is 37.6 Å². The summed E-state index contributed by atoms with van der Waals surface area (Å²) < 4.78 is 52.2. The van der Waals surface area contributed by atoms with Crippen LogP contribution in [0.15, 0.2) is 35.4 Å². The van der Waals surface area contributed by atoms with Gasteiger partial charge in [0.2, 0.25) is 0 Å². The van der Waals surface area contributed by atoms with E-state index in [0.29, 0.717) is 12.4 Å². The molecule has 1 aromatic heterocycles. The molecule has 1 fully saturated rings. The highest BCUT2D eigenvalue weighted by molar-refractivity contribution is 5.85. The smallest absolute Gasteiger partial charge is 0.174 e. The van der Waals surface area contributed by atoms with E-state index in [9.17, 15) is 8.78 Å². The Morgan fingerprint density at radius 2 is 1.91 bits per heavy atom. The first-order valence-electron chi connectivity index (χ1n) is 9.96. The number of ether oxygens (including phenoxy) is 4.